The van der Waals surface area contributed by atoms with Crippen LogP contribution in [0.15, 0.2) is 0 Å². The summed E-state index contributed by atoms with van der Waals surface area (Å²) in [7, 11) is 0. The number of rotatable bonds is 1. The van der Waals surface area contributed by atoms with Gasteiger partial charge in [0, 0.05) is 0 Å². The molecule has 0 heterocycles. The van der Waals surface area contributed by atoms with E-state index in [4.69, 9.17) is 8.42 Å². The van der Waals surface area contributed by atoms with E-state index in [2.05, 4.69) is 0 Å². The molecular formula is C4HF10KO2S. The fourth-order valence-corrected chi connectivity index (χ4v) is 0.356. The molecule has 0 saturated heterocycles. The summed E-state index contributed by atoms with van der Waals surface area (Å²) in [5, 5.41) is 0. The monoisotopic (exact) mass is 342 g/mol. The second-order valence-corrected chi connectivity index (χ2v) is 2.35. The van der Waals surface area contributed by atoms with Crippen molar-refractivity contribution < 1.29 is 105 Å². The van der Waals surface area contributed by atoms with Gasteiger partial charge in [0.25, 0.3) is 0 Å². The number of alkyl halides is 10. The van der Waals surface area contributed by atoms with Gasteiger partial charge >= 0.3 is 87.2 Å². The summed E-state index contributed by atoms with van der Waals surface area (Å²) in [5.74, 6) is -14.3. The van der Waals surface area contributed by atoms with E-state index in [-0.39, 0.29) is 52.8 Å². The SMILES string of the molecule is FC(F)(F)C(F)(F)C(F)(F)C(F)(F)F.O=S=O.[H-].[K+]. The molecule has 0 aromatic carbocycles. The second kappa shape index (κ2) is 7.52. The topological polar surface area (TPSA) is 34.1 Å². The van der Waals surface area contributed by atoms with E-state index in [9.17, 15) is 43.9 Å². The smallest absolute Gasteiger partial charge is 1.00 e. The van der Waals surface area contributed by atoms with Crippen molar-refractivity contribution in [3.05, 3.63) is 0 Å². The molecule has 0 spiro atoms. The molecule has 0 bridgehead atoms. The molecular weight excluding hydrogens is 341 g/mol. The summed E-state index contributed by atoms with van der Waals surface area (Å²) < 4.78 is 130. The molecule has 0 aromatic heterocycles. The molecule has 0 aromatic rings. The van der Waals surface area contributed by atoms with Crippen LogP contribution in [0.4, 0.5) is 43.9 Å². The van der Waals surface area contributed by atoms with Gasteiger partial charge in [0.05, 0.1) is 0 Å². The van der Waals surface area contributed by atoms with Gasteiger partial charge in [-0.15, -0.1) is 0 Å². The van der Waals surface area contributed by atoms with Crippen molar-refractivity contribution in [2.75, 3.05) is 0 Å². The van der Waals surface area contributed by atoms with Gasteiger partial charge in [0.15, 0.2) is 0 Å². The average molecular weight is 342 g/mol. The van der Waals surface area contributed by atoms with Crippen molar-refractivity contribution in [1.82, 2.24) is 0 Å². The third-order valence-electron chi connectivity index (χ3n) is 1.11. The molecule has 106 valence electrons. The first-order chi connectivity index (χ1) is 7.16. The molecule has 0 aliphatic heterocycles. The minimum absolute atomic E-state index is 0. The maximum Gasteiger partial charge on any atom is 1.00 e. The summed E-state index contributed by atoms with van der Waals surface area (Å²) in [5.41, 5.74) is 0. The van der Waals surface area contributed by atoms with Crippen molar-refractivity contribution in [2.45, 2.75) is 24.2 Å². The summed E-state index contributed by atoms with van der Waals surface area (Å²) in [6.07, 6.45) is -13.9. The number of hydrogen-bond donors (Lipinski definition) is 0. The quantitative estimate of drug-likeness (QED) is 0.490. The van der Waals surface area contributed by atoms with Crippen LogP contribution >= 0.6 is 0 Å². The predicted molar refractivity (Wildman–Crippen MR) is 32.0 cm³/mol. The normalized spacial score (nSPS) is 13.0. The molecule has 0 amide bonds. The number of halogens is 10. The van der Waals surface area contributed by atoms with Gasteiger partial charge < -0.3 is 1.43 Å². The Morgan fingerprint density at radius 3 is 0.778 bits per heavy atom. The molecule has 0 aliphatic carbocycles. The zero-order chi connectivity index (χ0) is 14.7. The fourth-order valence-electron chi connectivity index (χ4n) is 0.356. The van der Waals surface area contributed by atoms with Crippen LogP contribution in [0.1, 0.15) is 1.43 Å². The van der Waals surface area contributed by atoms with Crippen molar-refractivity contribution in [3.63, 3.8) is 0 Å². The predicted octanol–water partition coefficient (Wildman–Crippen LogP) is -0.172. The van der Waals surface area contributed by atoms with Crippen LogP contribution in [0.25, 0.3) is 0 Å². The standard InChI is InChI=1S/C4F10.K.O2S.H/c5-1(6,3(9,10)11)2(7,8)4(12,13)14;;1-3-2;/q;+1;;-1. The van der Waals surface area contributed by atoms with Gasteiger partial charge in [-0.1, -0.05) is 0 Å². The van der Waals surface area contributed by atoms with Gasteiger partial charge in [0.1, 0.15) is 0 Å². The van der Waals surface area contributed by atoms with Gasteiger partial charge in [-0.3, -0.25) is 0 Å². The molecule has 14 heteroatoms. The molecule has 0 atom stereocenters. The van der Waals surface area contributed by atoms with Gasteiger partial charge in [-0.05, 0) is 0 Å². The maximum absolute atomic E-state index is 11.6. The van der Waals surface area contributed by atoms with E-state index in [1.807, 2.05) is 0 Å². The Balaban J connectivity index is -0.000000204. The van der Waals surface area contributed by atoms with E-state index >= 15 is 0 Å². The Morgan fingerprint density at radius 1 is 0.611 bits per heavy atom. The molecule has 2 nitrogen and oxygen atoms in total. The van der Waals surface area contributed by atoms with Crippen LogP contribution in [0.5, 0.6) is 0 Å². The van der Waals surface area contributed by atoms with Crippen LogP contribution in [0.2, 0.25) is 0 Å². The van der Waals surface area contributed by atoms with E-state index in [0.29, 0.717) is 0 Å². The molecule has 0 radical (unpaired) electrons. The summed E-state index contributed by atoms with van der Waals surface area (Å²) in [6.45, 7) is 0. The second-order valence-electron chi connectivity index (χ2n) is 2.21. The largest absolute Gasteiger partial charge is 1.00 e. The van der Waals surface area contributed by atoms with Gasteiger partial charge in [-0.2, -0.15) is 52.3 Å². The zero-order valence-electron chi connectivity index (χ0n) is 9.00. The molecule has 0 saturated carbocycles. The van der Waals surface area contributed by atoms with Crippen molar-refractivity contribution in [3.8, 4) is 0 Å². The summed E-state index contributed by atoms with van der Waals surface area (Å²) in [6, 6.07) is 0. The molecule has 18 heavy (non-hydrogen) atoms. The van der Waals surface area contributed by atoms with Crippen molar-refractivity contribution in [1.29, 1.82) is 0 Å². The first-order valence-electron chi connectivity index (χ1n) is 2.97. The third kappa shape index (κ3) is 5.40. The van der Waals surface area contributed by atoms with Crippen LogP contribution in [0, 0.1) is 0 Å². The minimum atomic E-state index is -7.14. The Hall–Kier alpha value is 0.756. The Morgan fingerprint density at radius 2 is 0.722 bits per heavy atom. The summed E-state index contributed by atoms with van der Waals surface area (Å²) >= 11 is -0.750. The Kier molecular flexibility index (Phi) is 9.95. The maximum atomic E-state index is 11.6. The van der Waals surface area contributed by atoms with E-state index in [1.54, 1.807) is 0 Å². The zero-order valence-corrected chi connectivity index (χ0v) is 11.9. The molecule has 0 unspecified atom stereocenters. The molecule has 0 N–H and O–H groups in total. The van der Waals surface area contributed by atoms with Crippen LogP contribution in [-0.2, 0) is 11.6 Å². The average Bonchev–Trinajstić information content (AvgIpc) is 2.00. The van der Waals surface area contributed by atoms with Crippen LogP contribution in [0.3, 0.4) is 0 Å². The van der Waals surface area contributed by atoms with Crippen LogP contribution in [-0.4, -0.2) is 32.6 Å². The van der Waals surface area contributed by atoms with E-state index in [1.165, 1.54) is 0 Å². The van der Waals surface area contributed by atoms with E-state index < -0.39 is 35.8 Å². The first kappa shape index (κ1) is 23.8. The van der Waals surface area contributed by atoms with E-state index in [0.717, 1.165) is 0 Å². The minimum Gasteiger partial charge on any atom is -1.00 e. The van der Waals surface area contributed by atoms with Crippen LogP contribution < -0.4 is 51.4 Å². The molecule has 0 rings (SSSR count). The summed E-state index contributed by atoms with van der Waals surface area (Å²) in [4.78, 5) is 0. The van der Waals surface area contributed by atoms with Crippen molar-refractivity contribution in [2.24, 2.45) is 0 Å². The fraction of sp³-hybridized carbons (Fsp3) is 1.00. The molecule has 0 fully saturated rings. The number of hydrogen-bond acceptors (Lipinski definition) is 2. The first-order valence-corrected chi connectivity index (χ1v) is 3.64. The molecule has 0 aliphatic rings. The van der Waals surface area contributed by atoms with Gasteiger partial charge in [0.2, 0.25) is 0 Å². The van der Waals surface area contributed by atoms with Crippen molar-refractivity contribution >= 4 is 11.6 Å². The Labute approximate surface area is 140 Å². The Bertz CT molecular complexity index is 271. The third-order valence-corrected chi connectivity index (χ3v) is 1.11. The van der Waals surface area contributed by atoms with Gasteiger partial charge in [-0.25, -0.2) is 0 Å².